The van der Waals surface area contributed by atoms with Crippen molar-refractivity contribution in [2.45, 2.75) is 13.5 Å². The molecule has 0 aliphatic carbocycles. The molecule has 1 heterocycles. The second kappa shape index (κ2) is 10.7. The Morgan fingerprint density at radius 3 is 2.31 bits per heavy atom. The van der Waals surface area contributed by atoms with E-state index in [-0.39, 0.29) is 11.8 Å². The highest BCUT2D eigenvalue weighted by Crippen LogP contribution is 2.11. The molecule has 0 spiro atoms. The first-order valence-corrected chi connectivity index (χ1v) is 10.2. The molecule has 1 N–H and O–H groups in total. The average Bonchev–Trinajstić information content (AvgIpc) is 2.78. The van der Waals surface area contributed by atoms with E-state index in [1.807, 2.05) is 37.3 Å². The maximum absolute atomic E-state index is 12.8. The van der Waals surface area contributed by atoms with Gasteiger partial charge < -0.3 is 15.0 Å². The molecule has 154 valence electrons. The Labute approximate surface area is 172 Å². The van der Waals surface area contributed by atoms with E-state index in [0.717, 1.165) is 38.4 Å². The minimum atomic E-state index is -0.117. The Morgan fingerprint density at radius 2 is 1.66 bits per heavy atom. The lowest BCUT2D eigenvalue weighted by atomic mass is 10.1. The molecule has 29 heavy (non-hydrogen) atoms. The fourth-order valence-corrected chi connectivity index (χ4v) is 3.33. The first-order chi connectivity index (χ1) is 14.2. The Bertz CT molecular complexity index is 787. The zero-order chi connectivity index (χ0) is 20.5. The monoisotopic (exact) mass is 395 g/mol. The first-order valence-electron chi connectivity index (χ1n) is 10.2. The van der Waals surface area contributed by atoms with Crippen LogP contribution < -0.4 is 5.32 Å². The molecule has 1 saturated heterocycles. The Balaban J connectivity index is 1.52. The maximum atomic E-state index is 12.8. The summed E-state index contributed by atoms with van der Waals surface area (Å²) in [6, 6.07) is 16.8. The van der Waals surface area contributed by atoms with Gasteiger partial charge in [-0.25, -0.2) is 0 Å². The summed E-state index contributed by atoms with van der Waals surface area (Å²) in [4.78, 5) is 29.2. The third kappa shape index (κ3) is 6.14. The number of carbonyl (C=O) groups is 2. The molecule has 2 amide bonds. The van der Waals surface area contributed by atoms with Crippen molar-refractivity contribution in [2.75, 3.05) is 45.9 Å². The Kier molecular flexibility index (Phi) is 7.78. The molecule has 0 aromatic heterocycles. The van der Waals surface area contributed by atoms with Crippen molar-refractivity contribution in [3.8, 4) is 0 Å². The zero-order valence-corrected chi connectivity index (χ0v) is 17.0. The van der Waals surface area contributed by atoms with Crippen molar-refractivity contribution in [1.29, 1.82) is 0 Å². The molecule has 0 bridgehead atoms. The van der Waals surface area contributed by atoms with Crippen LogP contribution >= 0.6 is 0 Å². The van der Waals surface area contributed by atoms with Crippen molar-refractivity contribution >= 4 is 11.8 Å². The molecule has 6 nitrogen and oxygen atoms in total. The van der Waals surface area contributed by atoms with E-state index in [0.29, 0.717) is 30.8 Å². The standard InChI is InChI=1S/C23H29N3O3/c1-2-26(18-19-6-4-3-5-7-19)23(28)21-10-8-20(9-11-21)22(27)24-12-13-25-14-16-29-17-15-25/h3-11H,2,12-18H2,1H3,(H,24,27). The van der Waals surface area contributed by atoms with Crippen LogP contribution in [0.25, 0.3) is 0 Å². The van der Waals surface area contributed by atoms with Gasteiger partial charge in [-0.3, -0.25) is 14.5 Å². The summed E-state index contributed by atoms with van der Waals surface area (Å²) >= 11 is 0. The predicted octanol–water partition coefficient (Wildman–Crippen LogP) is 2.41. The molecule has 1 fully saturated rings. The SMILES string of the molecule is CCN(Cc1ccccc1)C(=O)c1ccc(C(=O)NCCN2CCOCC2)cc1. The number of carbonyl (C=O) groups excluding carboxylic acids is 2. The molecular weight excluding hydrogens is 366 g/mol. The van der Waals surface area contributed by atoms with Crippen LogP contribution in [0.1, 0.15) is 33.2 Å². The fourth-order valence-electron chi connectivity index (χ4n) is 3.33. The zero-order valence-electron chi connectivity index (χ0n) is 17.0. The number of benzene rings is 2. The highest BCUT2D eigenvalue weighted by molar-refractivity contribution is 5.97. The van der Waals surface area contributed by atoms with Gasteiger partial charge in [0, 0.05) is 50.4 Å². The van der Waals surface area contributed by atoms with Gasteiger partial charge in [0.2, 0.25) is 0 Å². The average molecular weight is 396 g/mol. The minimum Gasteiger partial charge on any atom is -0.379 e. The summed E-state index contributed by atoms with van der Waals surface area (Å²) in [7, 11) is 0. The number of amides is 2. The number of hydrogen-bond acceptors (Lipinski definition) is 4. The number of rotatable bonds is 8. The molecular formula is C23H29N3O3. The fraction of sp³-hybridized carbons (Fsp3) is 0.391. The van der Waals surface area contributed by atoms with Crippen LogP contribution in [0.5, 0.6) is 0 Å². The third-order valence-corrected chi connectivity index (χ3v) is 5.10. The van der Waals surface area contributed by atoms with Gasteiger partial charge >= 0.3 is 0 Å². The van der Waals surface area contributed by atoms with E-state index in [9.17, 15) is 9.59 Å². The van der Waals surface area contributed by atoms with E-state index in [1.165, 1.54) is 0 Å². The second-order valence-corrected chi connectivity index (χ2v) is 7.09. The molecule has 1 aliphatic heterocycles. The lowest BCUT2D eigenvalue weighted by molar-refractivity contribution is 0.0383. The lowest BCUT2D eigenvalue weighted by Crippen LogP contribution is -2.41. The number of morpholine rings is 1. The molecule has 6 heteroatoms. The van der Waals surface area contributed by atoms with Crippen LogP contribution in [0.15, 0.2) is 54.6 Å². The summed E-state index contributed by atoms with van der Waals surface area (Å²) in [6.45, 7) is 7.89. The number of hydrogen-bond donors (Lipinski definition) is 1. The Hall–Kier alpha value is -2.70. The van der Waals surface area contributed by atoms with Crippen LogP contribution in [0.4, 0.5) is 0 Å². The summed E-state index contributed by atoms with van der Waals surface area (Å²) in [5.74, 6) is -0.149. The van der Waals surface area contributed by atoms with Crippen LogP contribution in [-0.4, -0.2) is 67.6 Å². The summed E-state index contributed by atoms with van der Waals surface area (Å²) in [6.07, 6.45) is 0. The van der Waals surface area contributed by atoms with Gasteiger partial charge in [0.15, 0.2) is 0 Å². The van der Waals surface area contributed by atoms with Crippen molar-refractivity contribution < 1.29 is 14.3 Å². The molecule has 3 rings (SSSR count). The van der Waals surface area contributed by atoms with Gasteiger partial charge in [-0.05, 0) is 36.8 Å². The van der Waals surface area contributed by atoms with E-state index in [2.05, 4.69) is 10.2 Å². The summed E-state index contributed by atoms with van der Waals surface area (Å²) < 4.78 is 5.32. The summed E-state index contributed by atoms with van der Waals surface area (Å²) in [5.41, 5.74) is 2.25. The van der Waals surface area contributed by atoms with Gasteiger partial charge in [-0.15, -0.1) is 0 Å². The van der Waals surface area contributed by atoms with E-state index in [1.54, 1.807) is 29.2 Å². The molecule has 0 radical (unpaired) electrons. The van der Waals surface area contributed by atoms with Crippen LogP contribution in [0.3, 0.4) is 0 Å². The third-order valence-electron chi connectivity index (χ3n) is 5.10. The maximum Gasteiger partial charge on any atom is 0.254 e. The largest absolute Gasteiger partial charge is 0.379 e. The quantitative estimate of drug-likeness (QED) is 0.746. The van der Waals surface area contributed by atoms with Gasteiger partial charge in [-0.1, -0.05) is 30.3 Å². The topological polar surface area (TPSA) is 61.9 Å². The van der Waals surface area contributed by atoms with Gasteiger partial charge in [0.25, 0.3) is 11.8 Å². The number of nitrogens with one attached hydrogen (secondary N) is 1. The van der Waals surface area contributed by atoms with Gasteiger partial charge in [-0.2, -0.15) is 0 Å². The molecule has 1 aliphatic rings. The van der Waals surface area contributed by atoms with Crippen molar-refractivity contribution in [2.24, 2.45) is 0 Å². The second-order valence-electron chi connectivity index (χ2n) is 7.09. The molecule has 2 aromatic carbocycles. The summed E-state index contributed by atoms with van der Waals surface area (Å²) in [5, 5.41) is 2.94. The minimum absolute atomic E-state index is 0.0318. The van der Waals surface area contributed by atoms with Crippen molar-refractivity contribution in [3.05, 3.63) is 71.3 Å². The van der Waals surface area contributed by atoms with Crippen molar-refractivity contribution in [3.63, 3.8) is 0 Å². The molecule has 0 unspecified atom stereocenters. The van der Waals surface area contributed by atoms with Crippen LogP contribution in [-0.2, 0) is 11.3 Å². The number of ether oxygens (including phenoxy) is 1. The first kappa shape index (κ1) is 21.0. The smallest absolute Gasteiger partial charge is 0.254 e. The van der Waals surface area contributed by atoms with E-state index < -0.39 is 0 Å². The normalized spacial score (nSPS) is 14.4. The van der Waals surface area contributed by atoms with E-state index in [4.69, 9.17) is 4.74 Å². The van der Waals surface area contributed by atoms with Crippen molar-refractivity contribution in [1.82, 2.24) is 15.1 Å². The van der Waals surface area contributed by atoms with Gasteiger partial charge in [0.1, 0.15) is 0 Å². The highest BCUT2D eigenvalue weighted by atomic mass is 16.5. The molecule has 0 saturated carbocycles. The van der Waals surface area contributed by atoms with Crippen LogP contribution in [0.2, 0.25) is 0 Å². The molecule has 2 aromatic rings. The van der Waals surface area contributed by atoms with Gasteiger partial charge in [0.05, 0.1) is 13.2 Å². The molecule has 0 atom stereocenters. The highest BCUT2D eigenvalue weighted by Gasteiger charge is 2.16. The van der Waals surface area contributed by atoms with Crippen LogP contribution in [0, 0.1) is 0 Å². The predicted molar refractivity (Wildman–Crippen MR) is 113 cm³/mol. The van der Waals surface area contributed by atoms with E-state index >= 15 is 0 Å². The number of nitrogens with zero attached hydrogens (tertiary/aromatic N) is 2. The lowest BCUT2D eigenvalue weighted by Gasteiger charge is -2.26. The Morgan fingerprint density at radius 1 is 1.00 bits per heavy atom.